The molecule has 4 aromatic rings. The van der Waals surface area contributed by atoms with Gasteiger partial charge in [-0.05, 0) is 30.7 Å². The Morgan fingerprint density at radius 3 is 2.69 bits per heavy atom. The minimum absolute atomic E-state index is 0.0554. The van der Waals surface area contributed by atoms with Crippen LogP contribution in [0, 0.1) is 0 Å². The first kappa shape index (κ1) is 19.5. The molecule has 2 aromatic carbocycles. The number of hydrogen-bond acceptors (Lipinski definition) is 6. The Hall–Kier alpha value is -2.84. The lowest BCUT2D eigenvalue weighted by atomic mass is 10.2. The van der Waals surface area contributed by atoms with Crippen molar-refractivity contribution in [3.05, 3.63) is 69.4 Å². The molecular weight excluding hydrogens is 390 g/mol. The van der Waals surface area contributed by atoms with Gasteiger partial charge in [-0.2, -0.15) is 0 Å². The van der Waals surface area contributed by atoms with E-state index < -0.39 is 0 Å². The maximum Gasteiger partial charge on any atom is 0.419 e. The normalized spacial score (nSPS) is 11.5. The van der Waals surface area contributed by atoms with Gasteiger partial charge >= 0.3 is 5.76 Å². The van der Waals surface area contributed by atoms with E-state index in [1.165, 1.54) is 11.8 Å². The Morgan fingerprint density at radius 1 is 1.03 bits per heavy atom. The SMILES string of the molecule is COCCCn1c(SCCn2c(=O)oc3ccccc32)nc2ccccc2c1=O. The van der Waals surface area contributed by atoms with Crippen molar-refractivity contribution < 1.29 is 9.15 Å². The maximum absolute atomic E-state index is 13.0. The van der Waals surface area contributed by atoms with Gasteiger partial charge in [0.2, 0.25) is 0 Å². The lowest BCUT2D eigenvalue weighted by Gasteiger charge is -2.13. The van der Waals surface area contributed by atoms with Crippen molar-refractivity contribution in [1.82, 2.24) is 14.1 Å². The van der Waals surface area contributed by atoms with Crippen LogP contribution in [0.2, 0.25) is 0 Å². The third-order valence-corrected chi connectivity index (χ3v) is 5.63. The number of methoxy groups -OCH3 is 1. The quantitative estimate of drug-likeness (QED) is 0.252. The summed E-state index contributed by atoms with van der Waals surface area (Å²) in [5.74, 6) is 0.203. The second-order valence-electron chi connectivity index (χ2n) is 6.55. The molecule has 7 nitrogen and oxygen atoms in total. The number of rotatable bonds is 8. The average molecular weight is 411 g/mol. The zero-order valence-electron chi connectivity index (χ0n) is 16.0. The molecule has 0 saturated heterocycles. The fraction of sp³-hybridized carbons (Fsp3) is 0.286. The number of ether oxygens (including phenoxy) is 1. The van der Waals surface area contributed by atoms with Gasteiger partial charge in [-0.3, -0.25) is 13.9 Å². The van der Waals surface area contributed by atoms with Gasteiger partial charge in [0.25, 0.3) is 5.56 Å². The molecule has 150 valence electrons. The predicted octanol–water partition coefficient (Wildman–Crippen LogP) is 3.13. The van der Waals surface area contributed by atoms with Crippen LogP contribution in [0.15, 0.2) is 67.7 Å². The Labute approximate surface area is 170 Å². The molecule has 0 unspecified atom stereocenters. The Balaban J connectivity index is 1.60. The number of aryl methyl sites for hydroxylation is 1. The zero-order valence-corrected chi connectivity index (χ0v) is 16.9. The van der Waals surface area contributed by atoms with E-state index in [-0.39, 0.29) is 11.3 Å². The van der Waals surface area contributed by atoms with Crippen molar-refractivity contribution in [3.8, 4) is 0 Å². The minimum atomic E-state index is -0.379. The largest absolute Gasteiger partial charge is 0.419 e. The second-order valence-corrected chi connectivity index (χ2v) is 7.61. The van der Waals surface area contributed by atoms with E-state index in [1.54, 1.807) is 28.4 Å². The predicted molar refractivity (Wildman–Crippen MR) is 114 cm³/mol. The lowest BCUT2D eigenvalue weighted by Crippen LogP contribution is -2.24. The van der Waals surface area contributed by atoms with Crippen LogP contribution in [0.1, 0.15) is 6.42 Å². The summed E-state index contributed by atoms with van der Waals surface area (Å²) >= 11 is 1.46. The third-order valence-electron chi connectivity index (χ3n) is 4.68. The number of thioether (sulfide) groups is 1. The highest BCUT2D eigenvalue weighted by molar-refractivity contribution is 7.99. The molecule has 0 radical (unpaired) electrons. The van der Waals surface area contributed by atoms with Gasteiger partial charge in [0, 0.05) is 32.6 Å². The van der Waals surface area contributed by atoms with Crippen LogP contribution in [0.4, 0.5) is 0 Å². The van der Waals surface area contributed by atoms with Gasteiger partial charge in [0.05, 0.1) is 16.4 Å². The monoisotopic (exact) mass is 411 g/mol. The van der Waals surface area contributed by atoms with Gasteiger partial charge < -0.3 is 9.15 Å². The fourth-order valence-corrected chi connectivity index (χ4v) is 4.23. The van der Waals surface area contributed by atoms with Gasteiger partial charge in [-0.1, -0.05) is 36.0 Å². The first-order valence-electron chi connectivity index (χ1n) is 9.39. The summed E-state index contributed by atoms with van der Waals surface area (Å²) in [5, 5.41) is 1.25. The van der Waals surface area contributed by atoms with Crippen LogP contribution in [-0.4, -0.2) is 33.6 Å². The maximum atomic E-state index is 13.0. The first-order chi connectivity index (χ1) is 14.2. The molecule has 0 aliphatic rings. The van der Waals surface area contributed by atoms with Crippen molar-refractivity contribution in [1.29, 1.82) is 0 Å². The Kier molecular flexibility index (Phi) is 5.82. The lowest BCUT2D eigenvalue weighted by molar-refractivity contribution is 0.189. The third kappa shape index (κ3) is 3.99. The molecule has 2 heterocycles. The molecule has 2 aromatic heterocycles. The summed E-state index contributed by atoms with van der Waals surface area (Å²) in [7, 11) is 1.64. The van der Waals surface area contributed by atoms with Crippen molar-refractivity contribution >= 4 is 33.8 Å². The molecule has 0 aliphatic carbocycles. The molecule has 0 fully saturated rings. The van der Waals surface area contributed by atoms with E-state index in [9.17, 15) is 9.59 Å². The van der Waals surface area contributed by atoms with Gasteiger partial charge in [0.15, 0.2) is 10.7 Å². The molecule has 0 aliphatic heterocycles. The van der Waals surface area contributed by atoms with Gasteiger partial charge in [-0.15, -0.1) is 0 Å². The standard InChI is InChI=1S/C21H21N3O4S/c1-27-13-6-11-24-19(25)15-7-2-3-8-16(15)22-20(24)29-14-12-23-17-9-4-5-10-18(17)28-21(23)26/h2-5,7-10H,6,11-14H2,1H3. The van der Waals surface area contributed by atoms with E-state index in [0.29, 0.717) is 47.1 Å². The molecule has 8 heteroatoms. The van der Waals surface area contributed by atoms with Crippen LogP contribution >= 0.6 is 11.8 Å². The smallest absolute Gasteiger partial charge is 0.408 e. The van der Waals surface area contributed by atoms with Crippen LogP contribution in [-0.2, 0) is 17.8 Å². The van der Waals surface area contributed by atoms with Crippen molar-refractivity contribution in [2.75, 3.05) is 19.5 Å². The molecule has 0 N–H and O–H groups in total. The summed E-state index contributed by atoms with van der Waals surface area (Å²) in [5.41, 5.74) is 1.96. The topological polar surface area (TPSA) is 79.3 Å². The molecule has 0 amide bonds. The number of para-hydroxylation sites is 3. The summed E-state index contributed by atoms with van der Waals surface area (Å²) in [4.78, 5) is 29.8. The molecular formula is C21H21N3O4S. The van der Waals surface area contributed by atoms with Crippen molar-refractivity contribution in [2.45, 2.75) is 24.7 Å². The molecule has 0 saturated carbocycles. The second kappa shape index (κ2) is 8.67. The van der Waals surface area contributed by atoms with Crippen molar-refractivity contribution in [2.24, 2.45) is 0 Å². The van der Waals surface area contributed by atoms with Crippen LogP contribution in [0.3, 0.4) is 0 Å². The van der Waals surface area contributed by atoms with E-state index in [2.05, 4.69) is 0 Å². The highest BCUT2D eigenvalue weighted by atomic mass is 32.2. The van der Waals surface area contributed by atoms with E-state index >= 15 is 0 Å². The van der Waals surface area contributed by atoms with E-state index in [0.717, 1.165) is 11.9 Å². The van der Waals surface area contributed by atoms with Crippen molar-refractivity contribution in [3.63, 3.8) is 0 Å². The number of aromatic nitrogens is 3. The Morgan fingerprint density at radius 2 is 1.83 bits per heavy atom. The van der Waals surface area contributed by atoms with E-state index in [1.807, 2.05) is 36.4 Å². The minimum Gasteiger partial charge on any atom is -0.408 e. The molecule has 4 rings (SSSR count). The highest BCUT2D eigenvalue weighted by Crippen LogP contribution is 2.19. The zero-order chi connectivity index (χ0) is 20.2. The number of oxazole rings is 1. The first-order valence-corrected chi connectivity index (χ1v) is 10.4. The molecule has 0 atom stereocenters. The summed E-state index contributed by atoms with van der Waals surface area (Å²) in [6, 6.07) is 14.7. The summed E-state index contributed by atoms with van der Waals surface area (Å²) in [6.07, 6.45) is 0.718. The average Bonchev–Trinajstić information content (AvgIpc) is 3.05. The number of benzene rings is 2. The van der Waals surface area contributed by atoms with E-state index in [4.69, 9.17) is 14.1 Å². The number of fused-ring (bicyclic) bond motifs is 2. The summed E-state index contributed by atoms with van der Waals surface area (Å²) < 4.78 is 13.7. The number of nitrogens with zero attached hydrogens (tertiary/aromatic N) is 3. The summed E-state index contributed by atoms with van der Waals surface area (Å²) in [6.45, 7) is 1.56. The van der Waals surface area contributed by atoms with Gasteiger partial charge in [0.1, 0.15) is 0 Å². The van der Waals surface area contributed by atoms with Crippen LogP contribution < -0.4 is 11.3 Å². The van der Waals surface area contributed by atoms with Gasteiger partial charge in [-0.25, -0.2) is 9.78 Å². The molecule has 29 heavy (non-hydrogen) atoms. The fourth-order valence-electron chi connectivity index (χ4n) is 3.28. The van der Waals surface area contributed by atoms with Crippen LogP contribution in [0.5, 0.6) is 0 Å². The number of hydrogen-bond donors (Lipinski definition) is 0. The highest BCUT2D eigenvalue weighted by Gasteiger charge is 2.13. The van der Waals surface area contributed by atoms with Crippen LogP contribution in [0.25, 0.3) is 22.0 Å². The Bertz CT molecular complexity index is 1260. The molecule has 0 bridgehead atoms. The molecule has 0 spiro atoms.